The average molecular weight is 696 g/mol. The normalized spacial score (nSPS) is 14.3. The smallest absolute Gasteiger partial charge is 0.416 e. The Kier molecular flexibility index (Phi) is 10.2. The molecule has 0 unspecified atom stereocenters. The minimum absolute atomic E-state index is 0.0150. The first kappa shape index (κ1) is 34.2. The van der Waals surface area contributed by atoms with Gasteiger partial charge in [0.2, 0.25) is 5.91 Å². The number of amides is 2. The van der Waals surface area contributed by atoms with Gasteiger partial charge in [-0.05, 0) is 60.2 Å². The Bertz CT molecular complexity index is 1710. The number of carbonyl (C=O) groups excluding carboxylic acids is 2. The van der Waals surface area contributed by atoms with E-state index >= 15 is 0 Å². The fraction of sp³-hybridized carbons (Fsp3) is 0.286. The summed E-state index contributed by atoms with van der Waals surface area (Å²) in [4.78, 5) is 25.9. The number of aliphatic hydroxyl groups excluding tert-OH is 1. The van der Waals surface area contributed by atoms with E-state index in [0.717, 1.165) is 10.4 Å². The predicted octanol–water partition coefficient (Wildman–Crippen LogP) is 5.20. The molecular weight excluding hydrogens is 672 g/mol. The molecule has 3 aromatic rings. The number of hydrogen-bond acceptors (Lipinski definition) is 6. The lowest BCUT2D eigenvalue weighted by Crippen LogP contribution is -2.41. The van der Waals surface area contributed by atoms with Crippen molar-refractivity contribution in [2.45, 2.75) is 29.5 Å². The summed E-state index contributed by atoms with van der Waals surface area (Å²) >= 11 is 12.1. The van der Waals surface area contributed by atoms with Crippen LogP contribution in [-0.4, -0.2) is 57.6 Å². The molecule has 1 heterocycles. The molecular formula is C28H24Cl2F5N3O6S. The molecule has 0 saturated heterocycles. The standard InChI is InChI=1S/C28H24Cl2F5N3O6S/c29-18-2-1-3-19(12-18)45(42,43)38-8-9-44-24-7-4-16(10-23(24)38)26(41)37-22(13-25(40)36-14-27(31,32)15-39)20-11-17(28(33,34)35)5-6-21(20)30/h1-7,10-12,22,39H,8-9,13-15H2,(H,36,40)(H,37,41)/t22-/m0/s1. The van der Waals surface area contributed by atoms with Gasteiger partial charge in [0.15, 0.2) is 0 Å². The van der Waals surface area contributed by atoms with E-state index in [1.54, 1.807) is 0 Å². The van der Waals surface area contributed by atoms with Crippen LogP contribution in [0, 0.1) is 0 Å². The fourth-order valence-corrected chi connectivity index (χ4v) is 6.35. The molecule has 0 saturated carbocycles. The third-order valence-electron chi connectivity index (χ3n) is 6.59. The van der Waals surface area contributed by atoms with Crippen LogP contribution in [0.3, 0.4) is 0 Å². The molecule has 0 fully saturated rings. The van der Waals surface area contributed by atoms with Crippen molar-refractivity contribution < 1.29 is 49.8 Å². The van der Waals surface area contributed by atoms with Crippen molar-refractivity contribution in [2.75, 3.05) is 30.6 Å². The molecule has 0 aliphatic carbocycles. The van der Waals surface area contributed by atoms with Crippen molar-refractivity contribution in [2.24, 2.45) is 0 Å². The van der Waals surface area contributed by atoms with Crippen molar-refractivity contribution in [1.82, 2.24) is 10.6 Å². The molecule has 0 bridgehead atoms. The molecule has 0 aromatic heterocycles. The second kappa shape index (κ2) is 13.4. The number of alkyl halides is 5. The van der Waals surface area contributed by atoms with Gasteiger partial charge in [-0.25, -0.2) is 17.2 Å². The van der Waals surface area contributed by atoms with Crippen LogP contribution in [0.25, 0.3) is 0 Å². The first-order chi connectivity index (χ1) is 21.0. The number of sulfonamides is 1. The number of ether oxygens (including phenoxy) is 1. The lowest BCUT2D eigenvalue weighted by atomic mass is 9.99. The van der Waals surface area contributed by atoms with E-state index < -0.39 is 65.1 Å². The van der Waals surface area contributed by atoms with E-state index in [4.69, 9.17) is 33.0 Å². The molecule has 1 aliphatic heterocycles. The second-order valence-electron chi connectivity index (χ2n) is 9.82. The van der Waals surface area contributed by atoms with E-state index in [1.165, 1.54) is 42.5 Å². The number of fused-ring (bicyclic) bond motifs is 1. The van der Waals surface area contributed by atoms with Gasteiger partial charge in [0.05, 0.1) is 41.7 Å². The first-order valence-electron chi connectivity index (χ1n) is 13.0. The lowest BCUT2D eigenvalue weighted by Gasteiger charge is -2.31. The van der Waals surface area contributed by atoms with Gasteiger partial charge >= 0.3 is 6.18 Å². The van der Waals surface area contributed by atoms with E-state index in [-0.39, 0.29) is 50.7 Å². The Hall–Kier alpha value is -3.66. The number of aliphatic hydroxyl groups is 1. The molecule has 2 amide bonds. The summed E-state index contributed by atoms with van der Waals surface area (Å²) in [5.41, 5.74) is -1.69. The number of hydrogen-bond donors (Lipinski definition) is 3. The minimum Gasteiger partial charge on any atom is -0.489 e. The van der Waals surface area contributed by atoms with Crippen LogP contribution in [0.4, 0.5) is 27.6 Å². The first-order valence-corrected chi connectivity index (χ1v) is 15.2. The topological polar surface area (TPSA) is 125 Å². The summed E-state index contributed by atoms with van der Waals surface area (Å²) in [6.45, 7) is -2.99. The third-order valence-corrected chi connectivity index (χ3v) is 8.98. The van der Waals surface area contributed by atoms with Crippen LogP contribution in [-0.2, 0) is 21.0 Å². The van der Waals surface area contributed by atoms with Crippen LogP contribution in [0.1, 0.15) is 33.9 Å². The molecule has 17 heteroatoms. The highest BCUT2D eigenvalue weighted by molar-refractivity contribution is 7.92. The largest absolute Gasteiger partial charge is 0.489 e. The minimum atomic E-state index is -4.82. The fourth-order valence-electron chi connectivity index (χ4n) is 4.35. The highest BCUT2D eigenvalue weighted by Gasteiger charge is 2.34. The van der Waals surface area contributed by atoms with E-state index in [2.05, 4.69) is 5.32 Å². The summed E-state index contributed by atoms with van der Waals surface area (Å²) < 4.78 is 101. The summed E-state index contributed by atoms with van der Waals surface area (Å²) in [6, 6.07) is 9.91. The molecule has 0 spiro atoms. The third kappa shape index (κ3) is 8.14. The van der Waals surface area contributed by atoms with Crippen molar-refractivity contribution in [3.8, 4) is 5.75 Å². The number of nitrogens with one attached hydrogen (secondary N) is 2. The van der Waals surface area contributed by atoms with Gasteiger partial charge in [-0.15, -0.1) is 0 Å². The Labute approximate surface area is 263 Å². The molecule has 242 valence electrons. The molecule has 3 N–H and O–H groups in total. The van der Waals surface area contributed by atoms with E-state index in [9.17, 15) is 40.0 Å². The van der Waals surface area contributed by atoms with Crippen LogP contribution in [0.15, 0.2) is 65.6 Å². The Morgan fingerprint density at radius 1 is 1.02 bits per heavy atom. The summed E-state index contributed by atoms with van der Waals surface area (Å²) in [5, 5.41) is 12.9. The van der Waals surface area contributed by atoms with Crippen molar-refractivity contribution >= 4 is 50.7 Å². The quantitative estimate of drug-likeness (QED) is 0.251. The summed E-state index contributed by atoms with van der Waals surface area (Å²) in [5.74, 6) is -5.62. The summed E-state index contributed by atoms with van der Waals surface area (Å²) in [6.07, 6.45) is -5.65. The number of benzene rings is 3. The van der Waals surface area contributed by atoms with E-state index in [0.29, 0.717) is 12.1 Å². The van der Waals surface area contributed by atoms with E-state index in [1.807, 2.05) is 5.32 Å². The van der Waals surface area contributed by atoms with Gasteiger partial charge in [-0.1, -0.05) is 29.3 Å². The van der Waals surface area contributed by atoms with Crippen molar-refractivity contribution in [3.63, 3.8) is 0 Å². The number of nitrogens with zero attached hydrogens (tertiary/aromatic N) is 1. The second-order valence-corrected chi connectivity index (χ2v) is 12.5. The van der Waals surface area contributed by atoms with Crippen molar-refractivity contribution in [3.05, 3.63) is 87.4 Å². The van der Waals surface area contributed by atoms with Crippen LogP contribution in [0.2, 0.25) is 10.0 Å². The monoisotopic (exact) mass is 695 g/mol. The molecule has 9 nitrogen and oxygen atoms in total. The Balaban J connectivity index is 1.67. The van der Waals surface area contributed by atoms with Gasteiger partial charge in [-0.3, -0.25) is 13.9 Å². The predicted molar refractivity (Wildman–Crippen MR) is 154 cm³/mol. The zero-order valence-electron chi connectivity index (χ0n) is 22.9. The highest BCUT2D eigenvalue weighted by Crippen LogP contribution is 2.38. The zero-order valence-corrected chi connectivity index (χ0v) is 25.2. The zero-order chi connectivity index (χ0) is 33.2. The number of carbonyl (C=O) groups is 2. The maximum Gasteiger partial charge on any atom is 0.416 e. The van der Waals surface area contributed by atoms with Gasteiger partial charge in [0, 0.05) is 15.6 Å². The SMILES string of the molecule is O=C(C[C@H](NC(=O)c1ccc2c(c1)N(S(=O)(=O)c1cccc(Cl)c1)CCO2)c1cc(C(F)(F)F)ccc1Cl)NCC(F)(F)CO. The summed E-state index contributed by atoms with van der Waals surface area (Å²) in [7, 11) is -4.19. The molecule has 45 heavy (non-hydrogen) atoms. The number of anilines is 1. The molecule has 4 rings (SSSR count). The molecule has 1 atom stereocenters. The molecule has 0 radical (unpaired) electrons. The number of rotatable bonds is 10. The van der Waals surface area contributed by atoms with Crippen LogP contribution >= 0.6 is 23.2 Å². The lowest BCUT2D eigenvalue weighted by molar-refractivity contribution is -0.137. The van der Waals surface area contributed by atoms with Gasteiger partial charge in [-0.2, -0.15) is 13.2 Å². The number of halogens is 7. The van der Waals surface area contributed by atoms with Crippen LogP contribution in [0.5, 0.6) is 5.75 Å². The Morgan fingerprint density at radius 3 is 2.42 bits per heavy atom. The average Bonchev–Trinajstić information content (AvgIpc) is 2.98. The van der Waals surface area contributed by atoms with Gasteiger partial charge in [0.1, 0.15) is 19.0 Å². The Morgan fingerprint density at radius 2 is 1.76 bits per heavy atom. The maximum absolute atomic E-state index is 13.5. The van der Waals surface area contributed by atoms with Gasteiger partial charge < -0.3 is 20.5 Å². The molecule has 1 aliphatic rings. The van der Waals surface area contributed by atoms with Gasteiger partial charge in [0.25, 0.3) is 21.9 Å². The maximum atomic E-state index is 13.5. The van der Waals surface area contributed by atoms with Crippen LogP contribution < -0.4 is 19.7 Å². The molecule has 3 aromatic carbocycles. The highest BCUT2D eigenvalue weighted by atomic mass is 35.5. The van der Waals surface area contributed by atoms with Crippen molar-refractivity contribution in [1.29, 1.82) is 0 Å².